The number of rotatable bonds is 6. The van der Waals surface area contributed by atoms with Crippen molar-refractivity contribution in [3.63, 3.8) is 0 Å². The van der Waals surface area contributed by atoms with Gasteiger partial charge in [0.05, 0.1) is 11.1 Å². The van der Waals surface area contributed by atoms with Gasteiger partial charge in [0.15, 0.2) is 6.10 Å². The third kappa shape index (κ3) is 6.63. The molecule has 0 bridgehead atoms. The van der Waals surface area contributed by atoms with Gasteiger partial charge in [-0.1, -0.05) is 12.1 Å². The number of carbonyl (C=O) groups is 3. The monoisotopic (exact) mass is 408 g/mol. The maximum absolute atomic E-state index is 12.6. The van der Waals surface area contributed by atoms with Crippen LogP contribution in [0.2, 0.25) is 0 Å². The van der Waals surface area contributed by atoms with Crippen molar-refractivity contribution in [3.8, 4) is 0 Å². The average molecular weight is 408 g/mol. The smallest absolute Gasteiger partial charge is 0.416 e. The van der Waals surface area contributed by atoms with E-state index < -0.39 is 29.7 Å². The summed E-state index contributed by atoms with van der Waals surface area (Å²) in [6, 6.07) is 10.2. The molecule has 2 aromatic rings. The van der Waals surface area contributed by atoms with E-state index >= 15 is 0 Å². The number of nitrogens with one attached hydrogen (secondary N) is 2. The molecule has 0 aliphatic heterocycles. The molecule has 0 spiro atoms. The fourth-order valence-electron chi connectivity index (χ4n) is 2.25. The summed E-state index contributed by atoms with van der Waals surface area (Å²) in [5, 5.41) is 5.01. The van der Waals surface area contributed by atoms with Gasteiger partial charge < -0.3 is 15.4 Å². The molecule has 154 valence electrons. The summed E-state index contributed by atoms with van der Waals surface area (Å²) >= 11 is 0. The van der Waals surface area contributed by atoms with Crippen molar-refractivity contribution in [1.29, 1.82) is 0 Å². The van der Waals surface area contributed by atoms with E-state index in [2.05, 4.69) is 10.6 Å². The summed E-state index contributed by atoms with van der Waals surface area (Å²) in [4.78, 5) is 35.2. The number of amides is 2. The minimum Gasteiger partial charge on any atom is -0.449 e. The quantitative estimate of drug-likeness (QED) is 0.717. The van der Waals surface area contributed by atoms with Crippen LogP contribution in [0.3, 0.4) is 0 Å². The number of hydrogen-bond acceptors (Lipinski definition) is 4. The Morgan fingerprint density at radius 3 is 2.10 bits per heavy atom. The van der Waals surface area contributed by atoms with Crippen molar-refractivity contribution in [1.82, 2.24) is 5.32 Å². The van der Waals surface area contributed by atoms with Gasteiger partial charge in [-0.3, -0.25) is 9.59 Å². The molecular weight excluding hydrogens is 389 g/mol. The first kappa shape index (κ1) is 21.9. The number of hydrogen-bond donors (Lipinski definition) is 2. The molecule has 0 radical (unpaired) electrons. The van der Waals surface area contributed by atoms with Crippen molar-refractivity contribution < 1.29 is 32.3 Å². The topological polar surface area (TPSA) is 84.5 Å². The lowest BCUT2D eigenvalue weighted by Gasteiger charge is -2.14. The minimum absolute atomic E-state index is 0.147. The summed E-state index contributed by atoms with van der Waals surface area (Å²) in [7, 11) is 0. The largest absolute Gasteiger partial charge is 0.449 e. The molecule has 0 aliphatic carbocycles. The third-order valence-electron chi connectivity index (χ3n) is 3.86. The number of alkyl halides is 3. The molecule has 1 atom stereocenters. The van der Waals surface area contributed by atoms with Crippen LogP contribution in [-0.2, 0) is 27.0 Å². The summed E-state index contributed by atoms with van der Waals surface area (Å²) < 4.78 is 42.8. The van der Waals surface area contributed by atoms with E-state index in [1.807, 2.05) is 0 Å². The normalized spacial score (nSPS) is 12.0. The summed E-state index contributed by atoms with van der Waals surface area (Å²) in [6.07, 6.45) is -5.63. The first-order valence-corrected chi connectivity index (χ1v) is 8.59. The molecule has 0 heterocycles. The van der Waals surface area contributed by atoms with Crippen LogP contribution >= 0.6 is 0 Å². The highest BCUT2D eigenvalue weighted by molar-refractivity contribution is 5.97. The summed E-state index contributed by atoms with van der Waals surface area (Å²) in [5.74, 6) is -1.59. The molecule has 0 aromatic heterocycles. The third-order valence-corrected chi connectivity index (χ3v) is 3.86. The van der Waals surface area contributed by atoms with E-state index in [9.17, 15) is 27.6 Å². The highest BCUT2D eigenvalue weighted by Gasteiger charge is 2.30. The van der Waals surface area contributed by atoms with Crippen LogP contribution in [0.15, 0.2) is 48.5 Å². The number of carbonyl (C=O) groups excluding carboxylic acids is 3. The molecule has 0 saturated heterocycles. The van der Waals surface area contributed by atoms with Crippen LogP contribution in [0.1, 0.15) is 35.3 Å². The maximum atomic E-state index is 12.6. The van der Waals surface area contributed by atoms with Gasteiger partial charge in [-0.15, -0.1) is 0 Å². The van der Waals surface area contributed by atoms with E-state index in [0.717, 1.165) is 29.8 Å². The van der Waals surface area contributed by atoms with Crippen LogP contribution in [0.4, 0.5) is 18.9 Å². The number of anilines is 1. The van der Waals surface area contributed by atoms with E-state index in [1.54, 1.807) is 12.1 Å². The van der Waals surface area contributed by atoms with E-state index in [0.29, 0.717) is 6.54 Å². The predicted molar refractivity (Wildman–Crippen MR) is 98.9 cm³/mol. The molecule has 2 aromatic carbocycles. The van der Waals surface area contributed by atoms with Gasteiger partial charge in [-0.25, -0.2) is 4.79 Å². The zero-order chi connectivity index (χ0) is 21.6. The molecule has 9 heteroatoms. The second-order valence-electron chi connectivity index (χ2n) is 6.22. The molecule has 6 nitrogen and oxygen atoms in total. The fourth-order valence-corrected chi connectivity index (χ4v) is 2.25. The highest BCUT2D eigenvalue weighted by atomic mass is 19.4. The second-order valence-corrected chi connectivity index (χ2v) is 6.22. The van der Waals surface area contributed by atoms with Crippen LogP contribution in [0.25, 0.3) is 0 Å². The highest BCUT2D eigenvalue weighted by Crippen LogP contribution is 2.29. The van der Waals surface area contributed by atoms with Crippen molar-refractivity contribution in [2.75, 3.05) is 5.32 Å². The molecule has 2 amide bonds. The number of esters is 1. The van der Waals surface area contributed by atoms with Crippen LogP contribution in [-0.4, -0.2) is 23.9 Å². The van der Waals surface area contributed by atoms with Crippen molar-refractivity contribution in [3.05, 3.63) is 65.2 Å². The maximum Gasteiger partial charge on any atom is 0.416 e. The Labute approximate surface area is 165 Å². The molecule has 0 fully saturated rings. The minimum atomic E-state index is -4.47. The van der Waals surface area contributed by atoms with Crippen LogP contribution < -0.4 is 10.6 Å². The van der Waals surface area contributed by atoms with Gasteiger partial charge >= 0.3 is 12.1 Å². The lowest BCUT2D eigenvalue weighted by molar-refractivity contribution is -0.137. The fraction of sp³-hybridized carbons (Fsp3) is 0.250. The van der Waals surface area contributed by atoms with Gasteiger partial charge in [-0.2, -0.15) is 13.2 Å². The molecule has 1 unspecified atom stereocenters. The Bertz CT molecular complexity index is 878. The number of halogens is 3. The summed E-state index contributed by atoms with van der Waals surface area (Å²) in [6.45, 7) is 3.06. The number of ether oxygens (including phenoxy) is 1. The Morgan fingerprint density at radius 2 is 1.59 bits per heavy atom. The molecule has 0 saturated carbocycles. The predicted octanol–water partition coefficient (Wildman–Crippen LogP) is 3.53. The molecule has 0 aliphatic rings. The van der Waals surface area contributed by atoms with Crippen molar-refractivity contribution >= 4 is 23.5 Å². The Hall–Kier alpha value is -3.36. The Morgan fingerprint density at radius 1 is 1.00 bits per heavy atom. The van der Waals surface area contributed by atoms with Gasteiger partial charge in [0.25, 0.3) is 5.91 Å². The SMILES string of the molecule is CC(=O)NCc1ccc(C(=O)OC(C)C(=O)Nc2ccc(C(F)(F)F)cc2)cc1. The van der Waals surface area contributed by atoms with Crippen molar-refractivity contribution in [2.45, 2.75) is 32.7 Å². The first-order chi connectivity index (χ1) is 13.6. The van der Waals surface area contributed by atoms with Gasteiger partial charge in [0.2, 0.25) is 5.91 Å². The molecule has 29 heavy (non-hydrogen) atoms. The zero-order valence-corrected chi connectivity index (χ0v) is 15.7. The standard InChI is InChI=1S/C20H19F3N2O4/c1-12(18(27)25-17-9-7-16(8-10-17)20(21,22)23)29-19(28)15-5-3-14(4-6-15)11-24-13(2)26/h3-10,12H,11H2,1-2H3,(H,24,26)(H,25,27). The van der Waals surface area contributed by atoms with Gasteiger partial charge in [-0.05, 0) is 48.9 Å². The Kier molecular flexibility index (Phi) is 6.98. The molecule has 2 N–H and O–H groups in total. The van der Waals surface area contributed by atoms with Crippen molar-refractivity contribution in [2.24, 2.45) is 0 Å². The van der Waals surface area contributed by atoms with E-state index in [4.69, 9.17) is 4.74 Å². The molecule has 2 rings (SSSR count). The van der Waals surface area contributed by atoms with Gasteiger partial charge in [0.1, 0.15) is 0 Å². The Balaban J connectivity index is 1.91. The van der Waals surface area contributed by atoms with Gasteiger partial charge in [0, 0.05) is 19.2 Å². The second kappa shape index (κ2) is 9.22. The zero-order valence-electron chi connectivity index (χ0n) is 15.7. The average Bonchev–Trinajstić information content (AvgIpc) is 2.66. The lowest BCUT2D eigenvalue weighted by atomic mass is 10.1. The number of benzene rings is 2. The summed E-state index contributed by atoms with van der Waals surface area (Å²) in [5.41, 5.74) is 0.306. The lowest BCUT2D eigenvalue weighted by Crippen LogP contribution is -2.30. The molecular formula is C20H19F3N2O4. The van der Waals surface area contributed by atoms with Crippen LogP contribution in [0.5, 0.6) is 0 Å². The first-order valence-electron chi connectivity index (χ1n) is 8.59. The van der Waals surface area contributed by atoms with Crippen LogP contribution in [0, 0.1) is 0 Å². The van der Waals surface area contributed by atoms with E-state index in [-0.39, 0.29) is 17.2 Å². The van der Waals surface area contributed by atoms with E-state index in [1.165, 1.54) is 26.0 Å².